The second kappa shape index (κ2) is 28.9. The Morgan fingerprint density at radius 3 is 1.73 bits per heavy atom. The summed E-state index contributed by atoms with van der Waals surface area (Å²) in [6, 6.07) is 0. The molecule has 0 aromatic heterocycles. The van der Waals surface area contributed by atoms with Gasteiger partial charge in [0.25, 0.3) is 0 Å². The van der Waals surface area contributed by atoms with E-state index in [1.165, 1.54) is 13.8 Å². The zero-order valence-corrected chi connectivity index (χ0v) is 56.7. The van der Waals surface area contributed by atoms with E-state index in [9.17, 15) is 96.1 Å². The van der Waals surface area contributed by atoms with Gasteiger partial charge in [-0.15, -0.1) is 0 Å². The molecule has 33 nitrogen and oxygen atoms in total. The average molecular weight is 1420 g/mol. The summed E-state index contributed by atoms with van der Waals surface area (Å²) in [5, 5.41) is 174. The molecular weight excluding hydrogens is 1320 g/mol. The van der Waals surface area contributed by atoms with Gasteiger partial charge in [0.2, 0.25) is 6.29 Å². The molecule has 99 heavy (non-hydrogen) atoms. The number of esters is 2. The minimum absolute atomic E-state index is 0.140. The maximum Gasteiger partial charge on any atom is 0.335 e. The van der Waals surface area contributed by atoms with Crippen molar-refractivity contribution >= 4 is 24.2 Å². The SMILES string of the molecule is CC(=O)O[C@@H]1[C@H](O[C@@H]2O[C@H](CO)[C@@H](O)[C@@H]2O)[C@@H](O[C@@H]2OC(C)[C@H](O[C@@H]3OC[C@H](O)[C@H](O)[C@H]3O)[C@@H](O)[C@H]2O)[C@H](OC(=O)C2CC(C)(C)CC3C4=CCC5[C@@]6(C)CC[C@H](O[C@@H]7O[C@H](C(=O)O)C(O)[C@H](O)[C@H]7O[C@@H]7O[C@H](CO)[C@H](O)[C@H](O)[C@H]7O)[C@@](C)(C=O)C6CC[C@@]5(C)[C@]4(C)C[C@@H](O)C23)O[C@@H]1C. The normalized spacial score (nSPS) is 53.5. The third-order valence-electron chi connectivity index (χ3n) is 24.8. The monoisotopic (exact) mass is 1420 g/mol. The van der Waals surface area contributed by atoms with Crippen molar-refractivity contribution in [2.24, 2.45) is 56.7 Å². The number of fused-ring (bicyclic) bond motifs is 7. The maximum absolute atomic E-state index is 15.6. The van der Waals surface area contributed by atoms with Crippen LogP contribution in [0.5, 0.6) is 0 Å². The van der Waals surface area contributed by atoms with Crippen LogP contribution in [0.1, 0.15) is 114 Å². The largest absolute Gasteiger partial charge is 0.479 e. The van der Waals surface area contributed by atoms with Crippen molar-refractivity contribution in [1.29, 1.82) is 0 Å². The Bertz CT molecular complexity index is 2910. The molecule has 11 aliphatic rings. The fourth-order valence-electron chi connectivity index (χ4n) is 19.4. The summed E-state index contributed by atoms with van der Waals surface area (Å²) in [6.07, 6.45) is -45.0. The second-order valence-corrected chi connectivity index (χ2v) is 31.3. The van der Waals surface area contributed by atoms with Crippen molar-refractivity contribution in [1.82, 2.24) is 0 Å². The minimum Gasteiger partial charge on any atom is -0.479 e. The summed E-state index contributed by atoms with van der Waals surface area (Å²) >= 11 is 0. The Balaban J connectivity index is 0.858. The summed E-state index contributed by atoms with van der Waals surface area (Å²) in [6.45, 7) is 14.2. The molecule has 6 saturated heterocycles. The lowest BCUT2D eigenvalue weighted by atomic mass is 9.34. The van der Waals surface area contributed by atoms with Gasteiger partial charge in [0.1, 0.15) is 110 Å². The van der Waals surface area contributed by atoms with Crippen LogP contribution in [0.15, 0.2) is 11.6 Å². The summed E-state index contributed by atoms with van der Waals surface area (Å²) in [5.41, 5.74) is -2.80. The third kappa shape index (κ3) is 13.5. The number of hydrogen-bond acceptors (Lipinski definition) is 32. The van der Waals surface area contributed by atoms with Crippen LogP contribution in [0.4, 0.5) is 0 Å². The van der Waals surface area contributed by atoms with Crippen molar-refractivity contribution in [2.75, 3.05) is 19.8 Å². The van der Waals surface area contributed by atoms with Crippen LogP contribution in [-0.2, 0) is 80.8 Å². The third-order valence-corrected chi connectivity index (χ3v) is 24.8. The molecular formula is C66H102O33. The summed E-state index contributed by atoms with van der Waals surface area (Å²) in [4.78, 5) is 54.9. The molecule has 0 spiro atoms. The van der Waals surface area contributed by atoms with Crippen LogP contribution in [0.25, 0.3) is 0 Å². The highest BCUT2D eigenvalue weighted by molar-refractivity contribution is 5.74. The zero-order chi connectivity index (χ0) is 72.4. The van der Waals surface area contributed by atoms with Crippen LogP contribution >= 0.6 is 0 Å². The molecule has 0 amide bonds. The van der Waals surface area contributed by atoms with Crippen molar-refractivity contribution in [2.45, 2.75) is 298 Å². The first-order valence-electron chi connectivity index (χ1n) is 34.4. The van der Waals surface area contributed by atoms with E-state index >= 15 is 4.79 Å². The van der Waals surface area contributed by atoms with Crippen molar-refractivity contribution < 1.29 is 162 Å². The van der Waals surface area contributed by atoms with Crippen molar-refractivity contribution in [3.05, 3.63) is 11.6 Å². The van der Waals surface area contributed by atoms with E-state index in [0.29, 0.717) is 32.1 Å². The molecule has 0 radical (unpaired) electrons. The number of hydrogen-bond donors (Lipinski definition) is 16. The topological polar surface area (TPSA) is 512 Å². The van der Waals surface area contributed by atoms with Crippen LogP contribution in [0.2, 0.25) is 0 Å². The highest BCUT2D eigenvalue weighted by Crippen LogP contribution is 2.75. The molecule has 4 saturated carbocycles. The highest BCUT2D eigenvalue weighted by Gasteiger charge is 2.71. The van der Waals surface area contributed by atoms with Crippen molar-refractivity contribution in [3.8, 4) is 0 Å². The molecule has 7 unspecified atom stereocenters. The predicted molar refractivity (Wildman–Crippen MR) is 325 cm³/mol. The van der Waals surface area contributed by atoms with E-state index in [-0.39, 0.29) is 25.2 Å². The van der Waals surface area contributed by atoms with E-state index in [2.05, 4.69) is 26.8 Å². The van der Waals surface area contributed by atoms with Gasteiger partial charge in [-0.1, -0.05) is 53.2 Å². The van der Waals surface area contributed by atoms with E-state index in [4.69, 9.17) is 61.6 Å². The van der Waals surface area contributed by atoms with Gasteiger partial charge in [0.05, 0.1) is 55.6 Å². The quantitative estimate of drug-likeness (QED) is 0.0283. The van der Waals surface area contributed by atoms with Gasteiger partial charge in [-0.05, 0) is 105 Å². The number of aliphatic hydroxyl groups is 15. The van der Waals surface area contributed by atoms with Gasteiger partial charge in [-0.3, -0.25) is 9.59 Å². The summed E-state index contributed by atoms with van der Waals surface area (Å²) < 4.78 is 78.4. The molecule has 33 heteroatoms. The Labute approximate surface area is 571 Å². The van der Waals surface area contributed by atoms with E-state index < -0.39 is 273 Å². The fraction of sp³-hybridized carbons (Fsp3) is 0.909. The van der Waals surface area contributed by atoms with Gasteiger partial charge in [-0.25, -0.2) is 4.79 Å². The first-order chi connectivity index (χ1) is 46.4. The Morgan fingerprint density at radius 1 is 0.545 bits per heavy atom. The number of aliphatic carboxylic acids is 1. The van der Waals surface area contributed by atoms with E-state index in [1.807, 2.05) is 13.8 Å². The first kappa shape index (κ1) is 76.9. The predicted octanol–water partition coefficient (Wildman–Crippen LogP) is -4.38. The molecule has 5 aliphatic carbocycles. The van der Waals surface area contributed by atoms with E-state index in [0.717, 1.165) is 18.8 Å². The lowest BCUT2D eigenvalue weighted by molar-refractivity contribution is -0.382. The molecule has 0 aromatic rings. The number of carbonyl (C=O) groups is 4. The Hall–Kier alpha value is -3.22. The van der Waals surface area contributed by atoms with Gasteiger partial charge < -0.3 is 148 Å². The number of carbonyl (C=O) groups excluding carboxylic acids is 3. The van der Waals surface area contributed by atoms with Gasteiger partial charge in [0, 0.05) is 12.8 Å². The minimum atomic E-state index is -2.11. The lowest BCUT2D eigenvalue weighted by Gasteiger charge is -2.71. The summed E-state index contributed by atoms with van der Waals surface area (Å²) in [5.74, 6) is -6.16. The molecule has 0 aromatic carbocycles. The number of aldehydes is 1. The van der Waals surface area contributed by atoms with Crippen molar-refractivity contribution in [3.63, 3.8) is 0 Å². The maximum atomic E-state index is 15.6. The molecule has 6 heterocycles. The van der Waals surface area contributed by atoms with E-state index in [1.54, 1.807) is 6.92 Å². The summed E-state index contributed by atoms with van der Waals surface area (Å²) in [7, 11) is 0. The number of ether oxygens (including phenoxy) is 13. The Morgan fingerprint density at radius 2 is 1.10 bits per heavy atom. The second-order valence-electron chi connectivity index (χ2n) is 31.3. The lowest BCUT2D eigenvalue weighted by Crippen LogP contribution is -2.68. The molecule has 6 aliphatic heterocycles. The molecule has 10 fully saturated rings. The first-order valence-corrected chi connectivity index (χ1v) is 34.4. The van der Waals surface area contributed by atoms with Gasteiger partial charge in [0.15, 0.2) is 49.8 Å². The van der Waals surface area contributed by atoms with Crippen LogP contribution in [-0.4, -0.2) is 310 Å². The average Bonchev–Trinajstić information content (AvgIpc) is 1.35. The fourth-order valence-corrected chi connectivity index (χ4v) is 19.4. The van der Waals surface area contributed by atoms with Crippen LogP contribution < -0.4 is 0 Å². The highest BCUT2D eigenvalue weighted by atomic mass is 16.8. The van der Waals surface area contributed by atoms with Gasteiger partial charge >= 0.3 is 17.9 Å². The smallest absolute Gasteiger partial charge is 0.335 e. The van der Waals surface area contributed by atoms with Crippen LogP contribution in [0, 0.1) is 56.7 Å². The number of rotatable bonds is 17. The molecule has 11 rings (SSSR count). The number of carboxylic acids is 1. The molecule has 564 valence electrons. The van der Waals surface area contributed by atoms with Crippen LogP contribution in [0.3, 0.4) is 0 Å². The van der Waals surface area contributed by atoms with Gasteiger partial charge in [-0.2, -0.15) is 0 Å². The number of carboxylic acid groups (broad SMARTS) is 1. The zero-order valence-electron chi connectivity index (χ0n) is 56.7. The molecule has 16 N–H and O–H groups in total. The Kier molecular flexibility index (Phi) is 22.5. The number of aliphatic hydroxyl groups excluding tert-OH is 15. The molecule has 39 atom stereocenters. The standard InChI is InChI=1S/C66H102O33/c1-23-48(94-56-44(80)37(73)30(72)21-87-56)43(79)47(83)57(88-23)98-53-52(97-58-45(81)39(75)32(20-68)92-58)49(90-25(3)70)24(2)89-61(53)99-55(86)27-17-62(4,5)16-26-28-10-11-34-63(6)14-13-35(64(7,22-69)33(63)12-15-65(34,8)66(28,9)18-29(71)36(26)27)93-60-51(42(78)41(77)50(95-60)54(84)85)96-59-46(82)40(76)38(74)31(19-67)91-59/h10,22-24,26-27,29-53,56-61,67-68,71-83H,11-21H2,1-9H3,(H,84,85)/t23?,24-,26?,27?,29-,30+,31-,32-,33?,34?,35+,36?,37+,38+,39-,40+,41?,42+,43+,44-,45+,46-,47-,48+,49+,50+,51-,52+,53-,56+,57+,58+,59+,60-,61+,63+,64+,65-,66-/m1/s1. The number of allylic oxidation sites excluding steroid dienone is 2. The molecule has 0 bridgehead atoms.